The normalized spacial score (nSPS) is 18.1. The van der Waals surface area contributed by atoms with Gasteiger partial charge in [-0.15, -0.1) is 0 Å². The molecule has 12 heteroatoms. The summed E-state index contributed by atoms with van der Waals surface area (Å²) in [6.45, 7) is 5.85. The predicted octanol–water partition coefficient (Wildman–Crippen LogP) is 18.2. The van der Waals surface area contributed by atoms with Crippen molar-refractivity contribution in [3.05, 3.63) is 85.1 Å². The van der Waals surface area contributed by atoms with Crippen LogP contribution < -0.4 is 0 Å². The van der Waals surface area contributed by atoms with E-state index in [-0.39, 0.29) is 25.9 Å². The number of aliphatic hydroxyl groups excluding tert-OH is 2. The number of allylic oxidation sites excluding steroid dienone is 14. The molecule has 476 valence electrons. The molecule has 0 aromatic heterocycles. The molecule has 6 atom stereocenters. The number of unbranched alkanes of at least 4 members (excludes halogenated alkanes) is 29. The van der Waals surface area contributed by atoms with Gasteiger partial charge in [-0.05, 0) is 96.3 Å². The Balaban J connectivity index is 2.66. The molecule has 0 aromatic carbocycles. The highest BCUT2D eigenvalue weighted by atomic mass is 16.7. The maximum atomic E-state index is 13.2. The van der Waals surface area contributed by atoms with Crippen molar-refractivity contribution < 1.29 is 58.2 Å². The minimum atomic E-state index is -1.91. The highest BCUT2D eigenvalue weighted by Crippen LogP contribution is 2.27. The van der Waals surface area contributed by atoms with E-state index in [9.17, 15) is 34.5 Å². The zero-order valence-corrected chi connectivity index (χ0v) is 52.7. The van der Waals surface area contributed by atoms with Gasteiger partial charge in [0.25, 0.3) is 0 Å². The van der Waals surface area contributed by atoms with Crippen molar-refractivity contribution in [1.82, 2.24) is 0 Å². The molecule has 12 nitrogen and oxygen atoms in total. The summed E-state index contributed by atoms with van der Waals surface area (Å²) in [5, 5.41) is 31.6. The van der Waals surface area contributed by atoms with Crippen LogP contribution in [0, 0.1) is 0 Å². The lowest BCUT2D eigenvalue weighted by Gasteiger charge is -2.40. The molecule has 1 fully saturated rings. The summed E-state index contributed by atoms with van der Waals surface area (Å²) >= 11 is 0. The van der Waals surface area contributed by atoms with Gasteiger partial charge in [-0.25, -0.2) is 4.79 Å². The molecular weight excluding hydrogens is 1040 g/mol. The Morgan fingerprint density at radius 3 is 1.19 bits per heavy atom. The molecule has 0 amide bonds. The highest BCUT2D eigenvalue weighted by molar-refractivity contribution is 5.74. The molecule has 0 aliphatic carbocycles. The maximum Gasteiger partial charge on any atom is 0.335 e. The van der Waals surface area contributed by atoms with E-state index >= 15 is 0 Å². The monoisotopic (exact) mass is 1160 g/mol. The van der Waals surface area contributed by atoms with E-state index in [4.69, 9.17) is 23.7 Å². The second-order valence-electron chi connectivity index (χ2n) is 22.7. The number of carbonyl (C=O) groups is 4. The molecular formula is C71H120O12. The lowest BCUT2D eigenvalue weighted by Crippen LogP contribution is -2.61. The third kappa shape index (κ3) is 47.8. The van der Waals surface area contributed by atoms with E-state index in [0.717, 1.165) is 122 Å². The van der Waals surface area contributed by atoms with E-state index < -0.39 is 67.3 Å². The number of esters is 3. The largest absolute Gasteiger partial charge is 0.479 e. The lowest BCUT2D eigenvalue weighted by molar-refractivity contribution is -0.301. The second-order valence-corrected chi connectivity index (χ2v) is 22.7. The van der Waals surface area contributed by atoms with E-state index in [1.165, 1.54) is 109 Å². The van der Waals surface area contributed by atoms with Gasteiger partial charge in [0.2, 0.25) is 0 Å². The number of hydrogen-bond acceptors (Lipinski definition) is 11. The first kappa shape index (κ1) is 76.9. The van der Waals surface area contributed by atoms with Crippen molar-refractivity contribution in [2.45, 2.75) is 327 Å². The molecule has 0 aromatic rings. The molecule has 1 aliphatic rings. The van der Waals surface area contributed by atoms with E-state index in [0.29, 0.717) is 19.3 Å². The van der Waals surface area contributed by atoms with Gasteiger partial charge in [0.15, 0.2) is 24.6 Å². The molecule has 1 aliphatic heterocycles. The van der Waals surface area contributed by atoms with Crippen molar-refractivity contribution in [3.63, 3.8) is 0 Å². The van der Waals surface area contributed by atoms with Gasteiger partial charge in [-0.2, -0.15) is 0 Å². The van der Waals surface area contributed by atoms with Crippen LogP contribution in [0.15, 0.2) is 85.1 Å². The molecule has 83 heavy (non-hydrogen) atoms. The summed E-state index contributed by atoms with van der Waals surface area (Å²) in [6, 6.07) is 0. The van der Waals surface area contributed by atoms with Crippen LogP contribution in [0.4, 0.5) is 0 Å². The summed E-state index contributed by atoms with van der Waals surface area (Å²) in [7, 11) is 0. The van der Waals surface area contributed by atoms with E-state index in [1.54, 1.807) is 0 Å². The number of hydrogen-bond donors (Lipinski definition) is 3. The standard InChI is InChI=1S/C71H120O12/c1-4-7-10-13-16-19-22-25-28-30-32-34-37-39-42-45-48-51-54-57-63(72)79-60-62(81-64(73)58-55-52-49-46-43-40-36-27-24-21-18-15-12-9-6-3)61-80-71-69(67(76)66(75)68(83-71)70(77)78)82-65(74)59-56-53-50-47-44-41-38-35-33-31-29-26-23-20-17-14-11-8-5-2/h7,10,16,18-19,21,25,27-28,32,34,36,39,42,62,66-69,71,75-76H,4-6,8-9,11-15,17,20,22-24,26,29-31,33,35,37-38,40-41,43-61H2,1-3H3,(H,77,78)/b10-7-,19-16-,21-18-,28-25-,34-32-,36-27-,42-39-. The van der Waals surface area contributed by atoms with Crippen LogP contribution in [-0.2, 0) is 42.9 Å². The van der Waals surface area contributed by atoms with Crippen LogP contribution >= 0.6 is 0 Å². The van der Waals surface area contributed by atoms with Crippen molar-refractivity contribution in [3.8, 4) is 0 Å². The van der Waals surface area contributed by atoms with E-state index in [1.807, 2.05) is 0 Å². The Hall–Kier alpha value is -4.10. The van der Waals surface area contributed by atoms with Gasteiger partial charge >= 0.3 is 23.9 Å². The molecule has 0 radical (unpaired) electrons. The minimum absolute atomic E-state index is 0.0565. The zero-order valence-electron chi connectivity index (χ0n) is 52.7. The van der Waals surface area contributed by atoms with Gasteiger partial charge in [0.05, 0.1) is 6.61 Å². The average Bonchev–Trinajstić information content (AvgIpc) is 3.57. The van der Waals surface area contributed by atoms with Gasteiger partial charge in [-0.3, -0.25) is 14.4 Å². The van der Waals surface area contributed by atoms with E-state index in [2.05, 4.69) is 106 Å². The third-order valence-electron chi connectivity index (χ3n) is 15.0. The Bertz CT molecular complexity index is 1760. The van der Waals surface area contributed by atoms with Gasteiger partial charge in [-0.1, -0.05) is 260 Å². The average molecular weight is 1170 g/mol. The summed E-state index contributed by atoms with van der Waals surface area (Å²) < 4.78 is 28.5. The quantitative estimate of drug-likeness (QED) is 0.0228. The third-order valence-corrected chi connectivity index (χ3v) is 15.0. The minimum Gasteiger partial charge on any atom is -0.479 e. The summed E-state index contributed by atoms with van der Waals surface area (Å²) in [6.07, 6.45) is 63.9. The highest BCUT2D eigenvalue weighted by Gasteiger charge is 2.50. The fourth-order valence-electron chi connectivity index (χ4n) is 9.84. The fourth-order valence-corrected chi connectivity index (χ4v) is 9.84. The summed E-state index contributed by atoms with van der Waals surface area (Å²) in [4.78, 5) is 51.4. The Morgan fingerprint density at radius 2 is 0.759 bits per heavy atom. The first-order chi connectivity index (χ1) is 40.6. The summed E-state index contributed by atoms with van der Waals surface area (Å²) in [5.74, 6) is -3.17. The molecule has 1 rings (SSSR count). The van der Waals surface area contributed by atoms with Crippen LogP contribution in [0.1, 0.15) is 290 Å². The predicted molar refractivity (Wildman–Crippen MR) is 340 cm³/mol. The number of aliphatic carboxylic acids is 1. The SMILES string of the molecule is CC/C=C\C/C=C\C/C=C\C/C=C\C/C=C\CCCCCC(=O)OCC(COC1OC(C(=O)O)C(O)C(O)C1OC(=O)CCCCCCCCCCCCCCCCCCCCC)OC(=O)CCCCCCC/C=C\C/C=C\CCCCC. The maximum absolute atomic E-state index is 13.2. The van der Waals surface area contributed by atoms with Crippen LogP contribution in [0.2, 0.25) is 0 Å². The van der Waals surface area contributed by atoms with Crippen LogP contribution in [0.3, 0.4) is 0 Å². The topological polar surface area (TPSA) is 175 Å². The number of rotatable bonds is 57. The molecule has 1 saturated heterocycles. The van der Waals surface area contributed by atoms with Crippen molar-refractivity contribution in [2.75, 3.05) is 13.2 Å². The smallest absolute Gasteiger partial charge is 0.335 e. The molecule has 0 bridgehead atoms. The Labute approximate surface area is 505 Å². The fraction of sp³-hybridized carbons (Fsp3) is 0.746. The number of ether oxygens (including phenoxy) is 5. The van der Waals surface area contributed by atoms with Crippen LogP contribution in [0.25, 0.3) is 0 Å². The second kappa shape index (κ2) is 58.3. The summed E-state index contributed by atoms with van der Waals surface area (Å²) in [5.41, 5.74) is 0. The molecule has 3 N–H and O–H groups in total. The number of carboxylic acids is 1. The molecule has 6 unspecified atom stereocenters. The molecule has 1 heterocycles. The van der Waals surface area contributed by atoms with Gasteiger partial charge in [0, 0.05) is 19.3 Å². The van der Waals surface area contributed by atoms with Gasteiger partial charge < -0.3 is 39.0 Å². The Morgan fingerprint density at radius 1 is 0.410 bits per heavy atom. The molecule has 0 spiro atoms. The van der Waals surface area contributed by atoms with Crippen molar-refractivity contribution >= 4 is 23.9 Å². The number of aliphatic hydroxyl groups is 2. The number of carboxylic acid groups (broad SMARTS) is 1. The number of carbonyl (C=O) groups excluding carboxylic acids is 3. The van der Waals surface area contributed by atoms with Crippen LogP contribution in [-0.4, -0.2) is 89.2 Å². The Kier molecular flexibility index (Phi) is 54.0. The molecule has 0 saturated carbocycles. The first-order valence-corrected chi connectivity index (χ1v) is 33.6. The van der Waals surface area contributed by atoms with Crippen molar-refractivity contribution in [2.24, 2.45) is 0 Å². The zero-order chi connectivity index (χ0) is 60.3. The van der Waals surface area contributed by atoms with Crippen LogP contribution in [0.5, 0.6) is 0 Å². The lowest BCUT2D eigenvalue weighted by atomic mass is 9.98. The van der Waals surface area contributed by atoms with Crippen molar-refractivity contribution in [1.29, 1.82) is 0 Å². The van der Waals surface area contributed by atoms with Gasteiger partial charge in [0.1, 0.15) is 18.8 Å². The first-order valence-electron chi connectivity index (χ1n) is 33.6.